The molecule has 0 spiro atoms. The first-order valence-corrected chi connectivity index (χ1v) is 8.34. The maximum Gasteiger partial charge on any atom is 0.254 e. The van der Waals surface area contributed by atoms with Crippen LogP contribution in [0.2, 0.25) is 4.34 Å². The topological polar surface area (TPSA) is 49.3 Å². The van der Waals surface area contributed by atoms with Gasteiger partial charge in [0, 0.05) is 49.6 Å². The molecule has 106 valence electrons. The Labute approximate surface area is 129 Å². The van der Waals surface area contributed by atoms with Crippen molar-refractivity contribution in [2.24, 2.45) is 0 Å². The predicted octanol–water partition coefficient (Wildman–Crippen LogP) is 2.21. The molecule has 2 aromatic heterocycles. The number of thiophene rings is 1. The van der Waals surface area contributed by atoms with E-state index < -0.39 is 0 Å². The zero-order valence-corrected chi connectivity index (χ0v) is 13.0. The van der Waals surface area contributed by atoms with Gasteiger partial charge in [0.25, 0.3) is 5.91 Å². The predicted molar refractivity (Wildman–Crippen MR) is 80.4 cm³/mol. The van der Waals surface area contributed by atoms with Gasteiger partial charge in [-0.25, -0.2) is 0 Å². The number of carbonyl (C=O) groups excluding carboxylic acids is 1. The second-order valence-electron chi connectivity index (χ2n) is 4.57. The van der Waals surface area contributed by atoms with Gasteiger partial charge in [0.2, 0.25) is 0 Å². The molecule has 0 aromatic carbocycles. The molecule has 0 radical (unpaired) electrons. The summed E-state index contributed by atoms with van der Waals surface area (Å²) in [4.78, 5) is 16.4. The van der Waals surface area contributed by atoms with E-state index in [9.17, 15) is 4.79 Å². The van der Waals surface area contributed by atoms with E-state index in [1.807, 2.05) is 21.7 Å². The Morgan fingerprint density at radius 1 is 1.35 bits per heavy atom. The van der Waals surface area contributed by atoms with Crippen LogP contribution in [0.3, 0.4) is 0 Å². The molecule has 1 saturated heterocycles. The smallest absolute Gasteiger partial charge is 0.254 e. The van der Waals surface area contributed by atoms with Crippen molar-refractivity contribution in [3.63, 3.8) is 0 Å². The van der Waals surface area contributed by atoms with Gasteiger partial charge in [-0.2, -0.15) is 11.3 Å². The molecule has 5 nitrogen and oxygen atoms in total. The molecule has 20 heavy (non-hydrogen) atoms. The van der Waals surface area contributed by atoms with E-state index in [-0.39, 0.29) is 5.91 Å². The molecule has 0 N–H and O–H groups in total. The minimum absolute atomic E-state index is 0.124. The first-order chi connectivity index (χ1) is 9.74. The van der Waals surface area contributed by atoms with Crippen LogP contribution in [0.1, 0.15) is 16.1 Å². The van der Waals surface area contributed by atoms with Gasteiger partial charge in [0.05, 0.1) is 5.56 Å². The molecule has 1 aliphatic heterocycles. The van der Waals surface area contributed by atoms with Crippen molar-refractivity contribution in [3.05, 3.63) is 32.4 Å². The molecule has 0 aliphatic carbocycles. The number of nitrogens with zero attached hydrogens (tertiary/aromatic N) is 4. The summed E-state index contributed by atoms with van der Waals surface area (Å²) in [7, 11) is 0. The molecule has 3 heterocycles. The highest BCUT2D eigenvalue weighted by Crippen LogP contribution is 2.20. The van der Waals surface area contributed by atoms with Gasteiger partial charge in [0.15, 0.2) is 0 Å². The third-order valence-electron chi connectivity index (χ3n) is 3.31. The monoisotopic (exact) mass is 328 g/mol. The summed E-state index contributed by atoms with van der Waals surface area (Å²) in [5, 5.41) is 7.85. The van der Waals surface area contributed by atoms with E-state index in [0.717, 1.165) is 37.4 Å². The average Bonchev–Trinajstić information content (AvgIpc) is 3.12. The van der Waals surface area contributed by atoms with Crippen LogP contribution in [-0.2, 0) is 6.54 Å². The Morgan fingerprint density at radius 3 is 2.75 bits per heavy atom. The summed E-state index contributed by atoms with van der Waals surface area (Å²) in [6, 6.07) is 1.88. The van der Waals surface area contributed by atoms with E-state index in [1.165, 1.54) is 11.5 Å². The fourth-order valence-electron chi connectivity index (χ4n) is 2.18. The summed E-state index contributed by atoms with van der Waals surface area (Å²) >= 11 is 8.77. The average molecular weight is 329 g/mol. The molecule has 1 aliphatic rings. The van der Waals surface area contributed by atoms with Gasteiger partial charge in [0.1, 0.15) is 10.0 Å². The van der Waals surface area contributed by atoms with Crippen LogP contribution in [0.4, 0.5) is 0 Å². The Kier molecular flexibility index (Phi) is 4.30. The first kappa shape index (κ1) is 13.9. The van der Waals surface area contributed by atoms with E-state index in [0.29, 0.717) is 10.9 Å². The molecule has 0 atom stereocenters. The van der Waals surface area contributed by atoms with Gasteiger partial charge in [-0.15, -0.1) is 5.10 Å². The van der Waals surface area contributed by atoms with Crippen LogP contribution < -0.4 is 0 Å². The number of halogens is 1. The summed E-state index contributed by atoms with van der Waals surface area (Å²) in [5.74, 6) is 0.124. The van der Waals surface area contributed by atoms with Crippen molar-refractivity contribution < 1.29 is 4.79 Å². The van der Waals surface area contributed by atoms with Crippen molar-refractivity contribution in [3.8, 4) is 0 Å². The number of carbonyl (C=O) groups is 1. The van der Waals surface area contributed by atoms with Crippen LogP contribution in [0.25, 0.3) is 0 Å². The van der Waals surface area contributed by atoms with E-state index >= 15 is 0 Å². The summed E-state index contributed by atoms with van der Waals surface area (Å²) in [6.07, 6.45) is 0. The van der Waals surface area contributed by atoms with Crippen LogP contribution in [-0.4, -0.2) is 51.5 Å². The van der Waals surface area contributed by atoms with Crippen molar-refractivity contribution in [2.45, 2.75) is 6.54 Å². The number of rotatable bonds is 3. The normalized spacial score (nSPS) is 16.6. The van der Waals surface area contributed by atoms with Crippen molar-refractivity contribution >= 4 is 40.4 Å². The standard InChI is InChI=1S/C12H13ClN4OS2/c13-11-10(14-15-20-11)7-16-2-4-17(5-3-16)12(18)9-1-6-19-8-9/h1,6,8H,2-5,7H2. The molecule has 3 rings (SSSR count). The Balaban J connectivity index is 1.55. The van der Waals surface area contributed by atoms with Crippen LogP contribution in [0.15, 0.2) is 16.8 Å². The molecular weight excluding hydrogens is 316 g/mol. The molecule has 1 fully saturated rings. The van der Waals surface area contributed by atoms with Crippen LogP contribution in [0.5, 0.6) is 0 Å². The molecular formula is C12H13ClN4OS2. The maximum absolute atomic E-state index is 12.2. The van der Waals surface area contributed by atoms with Gasteiger partial charge in [-0.05, 0) is 11.4 Å². The zero-order valence-electron chi connectivity index (χ0n) is 10.7. The lowest BCUT2D eigenvalue weighted by molar-refractivity contribution is 0.0627. The lowest BCUT2D eigenvalue weighted by Crippen LogP contribution is -2.48. The molecule has 0 bridgehead atoms. The third kappa shape index (κ3) is 3.01. The highest BCUT2D eigenvalue weighted by Gasteiger charge is 2.23. The highest BCUT2D eigenvalue weighted by atomic mass is 35.5. The SMILES string of the molecule is O=C(c1ccsc1)N1CCN(Cc2nnsc2Cl)CC1. The molecule has 0 unspecified atom stereocenters. The second-order valence-corrected chi connectivity index (χ2v) is 6.71. The minimum atomic E-state index is 0.124. The minimum Gasteiger partial charge on any atom is -0.336 e. The number of amides is 1. The van der Waals surface area contributed by atoms with Gasteiger partial charge in [-0.1, -0.05) is 16.1 Å². The lowest BCUT2D eigenvalue weighted by atomic mass is 10.2. The molecule has 0 saturated carbocycles. The summed E-state index contributed by atoms with van der Waals surface area (Å²) in [6.45, 7) is 3.86. The lowest BCUT2D eigenvalue weighted by Gasteiger charge is -2.34. The van der Waals surface area contributed by atoms with E-state index in [4.69, 9.17) is 11.6 Å². The van der Waals surface area contributed by atoms with Crippen molar-refractivity contribution in [1.82, 2.24) is 19.4 Å². The number of hydrogen-bond donors (Lipinski definition) is 0. The summed E-state index contributed by atoms with van der Waals surface area (Å²) < 4.78 is 4.49. The Hall–Kier alpha value is -1.02. The first-order valence-electron chi connectivity index (χ1n) is 6.24. The van der Waals surface area contributed by atoms with Crippen molar-refractivity contribution in [2.75, 3.05) is 26.2 Å². The fraction of sp³-hybridized carbons (Fsp3) is 0.417. The van der Waals surface area contributed by atoms with Crippen LogP contribution >= 0.6 is 34.5 Å². The Bertz CT molecular complexity index is 578. The van der Waals surface area contributed by atoms with Gasteiger partial charge >= 0.3 is 0 Å². The fourth-order valence-corrected chi connectivity index (χ4v) is 3.42. The maximum atomic E-state index is 12.2. The zero-order chi connectivity index (χ0) is 13.9. The Morgan fingerprint density at radius 2 is 2.15 bits per heavy atom. The quantitative estimate of drug-likeness (QED) is 0.867. The van der Waals surface area contributed by atoms with Gasteiger partial charge < -0.3 is 4.90 Å². The number of hydrogen-bond acceptors (Lipinski definition) is 6. The number of piperazine rings is 1. The molecule has 8 heteroatoms. The molecule has 1 amide bonds. The van der Waals surface area contributed by atoms with Crippen molar-refractivity contribution in [1.29, 1.82) is 0 Å². The largest absolute Gasteiger partial charge is 0.336 e. The molecule has 2 aromatic rings. The number of aromatic nitrogens is 2. The van der Waals surface area contributed by atoms with E-state index in [2.05, 4.69) is 14.5 Å². The van der Waals surface area contributed by atoms with E-state index in [1.54, 1.807) is 11.3 Å². The second kappa shape index (κ2) is 6.17. The van der Waals surface area contributed by atoms with Crippen LogP contribution in [0, 0.1) is 0 Å². The summed E-state index contributed by atoms with van der Waals surface area (Å²) in [5.41, 5.74) is 1.62. The van der Waals surface area contributed by atoms with Gasteiger partial charge in [-0.3, -0.25) is 9.69 Å². The third-order valence-corrected chi connectivity index (χ3v) is 4.98. The highest BCUT2D eigenvalue weighted by molar-refractivity contribution is 7.10.